The van der Waals surface area contributed by atoms with E-state index < -0.39 is 0 Å². The Labute approximate surface area is 121 Å². The highest BCUT2D eigenvalue weighted by atomic mass is 35.5. The molecule has 1 unspecified atom stereocenters. The van der Waals surface area contributed by atoms with Crippen LogP contribution in [0.4, 0.5) is 0 Å². The topological polar surface area (TPSA) is 68.2 Å². The molecule has 2 rings (SSSR count). The lowest BCUT2D eigenvalue weighted by Crippen LogP contribution is -2.39. The Morgan fingerprint density at radius 1 is 1.42 bits per heavy atom. The summed E-state index contributed by atoms with van der Waals surface area (Å²) in [5.74, 6) is 2.21. The van der Waals surface area contributed by atoms with Crippen LogP contribution >= 0.6 is 12.4 Å². The lowest BCUT2D eigenvalue weighted by Gasteiger charge is -2.25. The zero-order valence-corrected chi connectivity index (χ0v) is 13.0. The summed E-state index contributed by atoms with van der Waals surface area (Å²) in [6.07, 6.45) is 2.59. The Morgan fingerprint density at radius 3 is 2.47 bits per heavy atom. The minimum absolute atomic E-state index is 0. The maximum atomic E-state index is 5.84. The van der Waals surface area contributed by atoms with Crippen molar-refractivity contribution in [1.82, 2.24) is 15.0 Å². The summed E-state index contributed by atoms with van der Waals surface area (Å²) in [7, 11) is 2.09. The number of halogens is 1. The van der Waals surface area contributed by atoms with Gasteiger partial charge in [-0.25, -0.2) is 0 Å². The molecule has 0 saturated heterocycles. The summed E-state index contributed by atoms with van der Waals surface area (Å²) in [5.41, 5.74) is 5.75. The zero-order chi connectivity index (χ0) is 13.3. The van der Waals surface area contributed by atoms with E-state index in [1.54, 1.807) is 0 Å². The monoisotopic (exact) mass is 288 g/mol. The Kier molecular flexibility index (Phi) is 5.35. The SMILES string of the molecule is CN(Cc1noc(C(C)(C)C)n1)C(CN)C1CC1.Cl. The molecule has 110 valence electrons. The van der Waals surface area contributed by atoms with E-state index in [-0.39, 0.29) is 17.8 Å². The predicted octanol–water partition coefficient (Wildman–Crippen LogP) is 1.96. The van der Waals surface area contributed by atoms with E-state index in [0.717, 1.165) is 11.7 Å². The second-order valence-electron chi connectivity index (χ2n) is 6.32. The number of aromatic nitrogens is 2. The molecule has 0 aromatic carbocycles. The first-order chi connectivity index (χ1) is 8.41. The van der Waals surface area contributed by atoms with Gasteiger partial charge in [0.1, 0.15) is 0 Å². The van der Waals surface area contributed by atoms with Crippen molar-refractivity contribution in [2.75, 3.05) is 13.6 Å². The van der Waals surface area contributed by atoms with Crippen molar-refractivity contribution in [1.29, 1.82) is 0 Å². The fourth-order valence-corrected chi connectivity index (χ4v) is 2.18. The lowest BCUT2D eigenvalue weighted by atomic mass is 9.97. The second-order valence-corrected chi connectivity index (χ2v) is 6.32. The van der Waals surface area contributed by atoms with Crippen molar-refractivity contribution in [3.05, 3.63) is 11.7 Å². The Balaban J connectivity index is 0.00000180. The fourth-order valence-electron chi connectivity index (χ4n) is 2.18. The molecule has 5 nitrogen and oxygen atoms in total. The normalized spacial score (nSPS) is 17.4. The third-order valence-electron chi connectivity index (χ3n) is 3.47. The van der Waals surface area contributed by atoms with Gasteiger partial charge in [-0.05, 0) is 25.8 Å². The van der Waals surface area contributed by atoms with Crippen molar-refractivity contribution < 1.29 is 4.52 Å². The van der Waals surface area contributed by atoms with Crippen LogP contribution in [0.1, 0.15) is 45.3 Å². The largest absolute Gasteiger partial charge is 0.339 e. The Hall–Kier alpha value is -0.650. The molecule has 1 aromatic rings. The van der Waals surface area contributed by atoms with E-state index in [1.165, 1.54) is 12.8 Å². The van der Waals surface area contributed by atoms with Gasteiger partial charge in [0.2, 0.25) is 5.89 Å². The predicted molar refractivity (Wildman–Crippen MR) is 77.3 cm³/mol. The number of nitrogens with two attached hydrogens (primary N) is 1. The van der Waals surface area contributed by atoms with E-state index in [0.29, 0.717) is 25.0 Å². The number of nitrogens with zero attached hydrogens (tertiary/aromatic N) is 3. The highest BCUT2D eigenvalue weighted by Gasteiger charge is 2.33. The van der Waals surface area contributed by atoms with E-state index in [2.05, 4.69) is 42.9 Å². The molecule has 0 spiro atoms. The van der Waals surface area contributed by atoms with Crippen LogP contribution in [0.25, 0.3) is 0 Å². The van der Waals surface area contributed by atoms with Crippen LogP contribution in [-0.4, -0.2) is 34.7 Å². The summed E-state index contributed by atoms with van der Waals surface area (Å²) in [6.45, 7) is 7.62. The molecular weight excluding hydrogens is 264 g/mol. The number of rotatable bonds is 5. The molecule has 1 aliphatic carbocycles. The number of likely N-dealkylation sites (N-methyl/N-ethyl adjacent to an activating group) is 1. The number of hydrogen-bond donors (Lipinski definition) is 1. The minimum atomic E-state index is -0.0897. The third-order valence-corrected chi connectivity index (χ3v) is 3.47. The van der Waals surface area contributed by atoms with Crippen molar-refractivity contribution >= 4 is 12.4 Å². The average Bonchev–Trinajstić information content (AvgIpc) is 2.97. The molecule has 0 amide bonds. The minimum Gasteiger partial charge on any atom is -0.339 e. The first-order valence-corrected chi connectivity index (χ1v) is 6.65. The van der Waals surface area contributed by atoms with Gasteiger partial charge in [-0.1, -0.05) is 25.9 Å². The third kappa shape index (κ3) is 4.16. The summed E-state index contributed by atoms with van der Waals surface area (Å²) < 4.78 is 5.30. The highest BCUT2D eigenvalue weighted by molar-refractivity contribution is 5.85. The van der Waals surface area contributed by atoms with Crippen molar-refractivity contribution in [2.45, 2.75) is 51.6 Å². The van der Waals surface area contributed by atoms with Crippen LogP contribution < -0.4 is 5.73 Å². The molecule has 1 heterocycles. The summed E-state index contributed by atoms with van der Waals surface area (Å²) in [6, 6.07) is 0.446. The molecule has 1 aromatic heterocycles. The summed E-state index contributed by atoms with van der Waals surface area (Å²) in [4.78, 5) is 6.70. The maximum absolute atomic E-state index is 5.84. The average molecular weight is 289 g/mol. The molecule has 0 radical (unpaired) electrons. The first kappa shape index (κ1) is 16.4. The molecule has 1 saturated carbocycles. The van der Waals surface area contributed by atoms with Crippen molar-refractivity contribution in [3.63, 3.8) is 0 Å². The second kappa shape index (κ2) is 6.20. The van der Waals surface area contributed by atoms with E-state index in [1.807, 2.05) is 0 Å². The molecule has 1 atom stereocenters. The molecular formula is C13H25ClN4O. The fraction of sp³-hybridized carbons (Fsp3) is 0.846. The van der Waals surface area contributed by atoms with Crippen molar-refractivity contribution in [3.8, 4) is 0 Å². The summed E-state index contributed by atoms with van der Waals surface area (Å²) >= 11 is 0. The van der Waals surface area contributed by atoms with Crippen LogP contribution in [0.2, 0.25) is 0 Å². The Morgan fingerprint density at radius 2 is 2.05 bits per heavy atom. The lowest BCUT2D eigenvalue weighted by molar-refractivity contribution is 0.207. The van der Waals surface area contributed by atoms with Crippen LogP contribution in [-0.2, 0) is 12.0 Å². The van der Waals surface area contributed by atoms with Gasteiger partial charge in [0, 0.05) is 18.0 Å². The van der Waals surface area contributed by atoms with Crippen LogP contribution in [0, 0.1) is 5.92 Å². The number of hydrogen-bond acceptors (Lipinski definition) is 5. The van der Waals surface area contributed by atoms with Gasteiger partial charge < -0.3 is 10.3 Å². The smallest absolute Gasteiger partial charge is 0.232 e. The highest BCUT2D eigenvalue weighted by Crippen LogP contribution is 2.34. The van der Waals surface area contributed by atoms with E-state index >= 15 is 0 Å². The van der Waals surface area contributed by atoms with Gasteiger partial charge in [0.05, 0.1) is 6.54 Å². The molecule has 1 aliphatic rings. The van der Waals surface area contributed by atoms with E-state index in [9.17, 15) is 0 Å². The van der Waals surface area contributed by atoms with E-state index in [4.69, 9.17) is 10.3 Å². The first-order valence-electron chi connectivity index (χ1n) is 6.65. The molecule has 1 fully saturated rings. The van der Waals surface area contributed by atoms with Crippen LogP contribution in [0.5, 0.6) is 0 Å². The molecule has 2 N–H and O–H groups in total. The molecule has 19 heavy (non-hydrogen) atoms. The van der Waals surface area contributed by atoms with Crippen LogP contribution in [0.15, 0.2) is 4.52 Å². The summed E-state index contributed by atoms with van der Waals surface area (Å²) in [5, 5.41) is 4.05. The van der Waals surface area contributed by atoms with Gasteiger partial charge >= 0.3 is 0 Å². The van der Waals surface area contributed by atoms with Gasteiger partial charge in [-0.2, -0.15) is 4.98 Å². The van der Waals surface area contributed by atoms with Crippen molar-refractivity contribution in [2.24, 2.45) is 11.7 Å². The Bertz CT molecular complexity index is 398. The zero-order valence-electron chi connectivity index (χ0n) is 12.2. The molecule has 0 bridgehead atoms. The van der Waals surface area contributed by atoms with Gasteiger partial charge in [0.15, 0.2) is 5.82 Å². The van der Waals surface area contributed by atoms with Gasteiger partial charge in [0.25, 0.3) is 0 Å². The molecule has 6 heteroatoms. The van der Waals surface area contributed by atoms with Gasteiger partial charge in [-0.3, -0.25) is 4.90 Å². The van der Waals surface area contributed by atoms with Gasteiger partial charge in [-0.15, -0.1) is 12.4 Å². The standard InChI is InChI=1S/C13H24N4O.ClH/c1-13(2,3)12-15-11(16-18-12)8-17(4)10(7-14)9-5-6-9;/h9-10H,5-8,14H2,1-4H3;1H. The maximum Gasteiger partial charge on any atom is 0.232 e. The molecule has 0 aliphatic heterocycles. The van der Waals surface area contributed by atoms with Crippen LogP contribution in [0.3, 0.4) is 0 Å². The quantitative estimate of drug-likeness (QED) is 0.897.